The first-order valence-corrected chi connectivity index (χ1v) is 4.15. The lowest BCUT2D eigenvalue weighted by Gasteiger charge is -2.18. The van der Waals surface area contributed by atoms with Gasteiger partial charge in [-0.15, -0.1) is 0 Å². The number of ether oxygens (including phenoxy) is 1. The Morgan fingerprint density at radius 2 is 2.17 bits per heavy atom. The molecule has 0 rings (SSSR count). The van der Waals surface area contributed by atoms with Crippen molar-refractivity contribution in [3.05, 3.63) is 12.2 Å². The molecular formula is C9H15O3-. The predicted molar refractivity (Wildman–Crippen MR) is 44.5 cm³/mol. The first-order chi connectivity index (χ1) is 5.63. The summed E-state index contributed by atoms with van der Waals surface area (Å²) in [6, 6.07) is 0. The van der Waals surface area contributed by atoms with Gasteiger partial charge >= 0.3 is 0 Å². The van der Waals surface area contributed by atoms with E-state index in [1.54, 1.807) is 0 Å². The van der Waals surface area contributed by atoms with E-state index >= 15 is 0 Å². The van der Waals surface area contributed by atoms with Gasteiger partial charge in [0.05, 0.1) is 12.1 Å². The van der Waals surface area contributed by atoms with Crippen molar-refractivity contribution in [3.63, 3.8) is 0 Å². The molecular weight excluding hydrogens is 156 g/mol. The van der Waals surface area contributed by atoms with E-state index < -0.39 is 12.1 Å². The Morgan fingerprint density at radius 3 is 2.50 bits per heavy atom. The monoisotopic (exact) mass is 171 g/mol. The molecule has 1 unspecified atom stereocenters. The third-order valence-electron chi connectivity index (χ3n) is 1.54. The lowest BCUT2D eigenvalue weighted by Crippen LogP contribution is -2.31. The highest BCUT2D eigenvalue weighted by Crippen LogP contribution is 2.08. The molecule has 12 heavy (non-hydrogen) atoms. The van der Waals surface area contributed by atoms with Crippen LogP contribution in [0.3, 0.4) is 0 Å². The van der Waals surface area contributed by atoms with Crippen LogP contribution in [0.15, 0.2) is 12.2 Å². The van der Waals surface area contributed by atoms with E-state index in [0.717, 1.165) is 6.42 Å². The Hall–Kier alpha value is -0.830. The second-order valence-corrected chi connectivity index (χ2v) is 2.58. The Labute approximate surface area is 73.0 Å². The Morgan fingerprint density at radius 1 is 1.58 bits per heavy atom. The third-order valence-corrected chi connectivity index (χ3v) is 1.54. The number of carboxylic acids is 1. The summed E-state index contributed by atoms with van der Waals surface area (Å²) in [7, 11) is 0. The van der Waals surface area contributed by atoms with Crippen LogP contribution in [-0.2, 0) is 9.53 Å². The van der Waals surface area contributed by atoms with Crippen molar-refractivity contribution in [2.24, 2.45) is 0 Å². The Balaban J connectivity index is 3.96. The SMILES string of the molecule is C=C(C(=O)[O-])C(CC)OCCC. The molecule has 0 spiro atoms. The maximum absolute atomic E-state index is 10.4. The second-order valence-electron chi connectivity index (χ2n) is 2.58. The highest BCUT2D eigenvalue weighted by Gasteiger charge is 2.10. The second kappa shape index (κ2) is 5.77. The minimum absolute atomic E-state index is 0.0333. The zero-order chi connectivity index (χ0) is 9.56. The molecule has 0 saturated carbocycles. The van der Waals surface area contributed by atoms with Crippen LogP contribution in [0.4, 0.5) is 0 Å². The highest BCUT2D eigenvalue weighted by molar-refractivity contribution is 5.85. The third kappa shape index (κ3) is 3.53. The summed E-state index contributed by atoms with van der Waals surface area (Å²) in [6.07, 6.45) is 1.10. The van der Waals surface area contributed by atoms with Gasteiger partial charge in [0, 0.05) is 6.61 Å². The molecule has 0 fully saturated rings. The van der Waals surface area contributed by atoms with Crippen LogP contribution in [0.1, 0.15) is 26.7 Å². The standard InChI is InChI=1S/C9H16O3/c1-4-6-12-8(5-2)7(3)9(10)11/h8H,3-6H2,1-2H3,(H,10,11)/p-1. The van der Waals surface area contributed by atoms with E-state index in [2.05, 4.69) is 6.58 Å². The minimum Gasteiger partial charge on any atom is -0.545 e. The number of hydrogen-bond donors (Lipinski definition) is 0. The van der Waals surface area contributed by atoms with Gasteiger partial charge in [0.2, 0.25) is 0 Å². The lowest BCUT2D eigenvalue weighted by atomic mass is 10.1. The first-order valence-electron chi connectivity index (χ1n) is 4.15. The fourth-order valence-electron chi connectivity index (χ4n) is 0.856. The van der Waals surface area contributed by atoms with Crippen molar-refractivity contribution in [1.82, 2.24) is 0 Å². The molecule has 0 aromatic rings. The van der Waals surface area contributed by atoms with Crippen molar-refractivity contribution in [2.75, 3.05) is 6.61 Å². The van der Waals surface area contributed by atoms with Crippen molar-refractivity contribution in [2.45, 2.75) is 32.8 Å². The maximum Gasteiger partial charge on any atom is 0.0834 e. The topological polar surface area (TPSA) is 49.4 Å². The number of hydrogen-bond acceptors (Lipinski definition) is 3. The van der Waals surface area contributed by atoms with Crippen LogP contribution < -0.4 is 5.11 Å². The summed E-state index contributed by atoms with van der Waals surface area (Å²) >= 11 is 0. The van der Waals surface area contributed by atoms with Gasteiger partial charge in [-0.2, -0.15) is 0 Å². The van der Waals surface area contributed by atoms with Gasteiger partial charge in [-0.1, -0.05) is 20.4 Å². The summed E-state index contributed by atoms with van der Waals surface area (Å²) in [4.78, 5) is 10.4. The van der Waals surface area contributed by atoms with Crippen LogP contribution in [0.2, 0.25) is 0 Å². The summed E-state index contributed by atoms with van der Waals surface area (Å²) in [5.74, 6) is -1.22. The van der Waals surface area contributed by atoms with Gasteiger partial charge in [-0.3, -0.25) is 0 Å². The molecule has 0 aliphatic heterocycles. The van der Waals surface area contributed by atoms with E-state index in [1.165, 1.54) is 0 Å². The van der Waals surface area contributed by atoms with E-state index in [9.17, 15) is 9.90 Å². The number of rotatable bonds is 6. The molecule has 3 nitrogen and oxygen atoms in total. The molecule has 1 atom stereocenters. The van der Waals surface area contributed by atoms with E-state index in [4.69, 9.17) is 4.74 Å². The van der Waals surface area contributed by atoms with Crippen LogP contribution in [0.5, 0.6) is 0 Å². The average molecular weight is 171 g/mol. The molecule has 0 aromatic heterocycles. The average Bonchev–Trinajstić information content (AvgIpc) is 2.05. The molecule has 0 aliphatic carbocycles. The molecule has 0 amide bonds. The number of carboxylic acid groups (broad SMARTS) is 1. The van der Waals surface area contributed by atoms with Crippen molar-refractivity contribution >= 4 is 5.97 Å². The van der Waals surface area contributed by atoms with Crippen LogP contribution in [0.25, 0.3) is 0 Å². The molecule has 0 N–H and O–H groups in total. The molecule has 70 valence electrons. The maximum atomic E-state index is 10.4. The molecule has 0 radical (unpaired) electrons. The van der Waals surface area contributed by atoms with Gasteiger partial charge < -0.3 is 14.6 Å². The fourth-order valence-corrected chi connectivity index (χ4v) is 0.856. The largest absolute Gasteiger partial charge is 0.545 e. The van der Waals surface area contributed by atoms with Gasteiger partial charge in [0.1, 0.15) is 0 Å². The van der Waals surface area contributed by atoms with Crippen LogP contribution >= 0.6 is 0 Å². The molecule has 0 aliphatic rings. The predicted octanol–water partition coefficient (Wildman–Crippen LogP) is 0.498. The zero-order valence-corrected chi connectivity index (χ0v) is 7.63. The van der Waals surface area contributed by atoms with Crippen molar-refractivity contribution < 1.29 is 14.6 Å². The molecule has 3 heteroatoms. The van der Waals surface area contributed by atoms with E-state index in [1.807, 2.05) is 13.8 Å². The Bertz CT molecular complexity index is 163. The lowest BCUT2D eigenvalue weighted by molar-refractivity contribution is -0.300. The van der Waals surface area contributed by atoms with Gasteiger partial charge in [0.25, 0.3) is 0 Å². The van der Waals surface area contributed by atoms with Crippen molar-refractivity contribution in [1.29, 1.82) is 0 Å². The summed E-state index contributed by atoms with van der Waals surface area (Å²) < 4.78 is 5.24. The quantitative estimate of drug-likeness (QED) is 0.547. The smallest absolute Gasteiger partial charge is 0.0834 e. The number of aliphatic carboxylic acids is 1. The molecule has 0 aromatic carbocycles. The first kappa shape index (κ1) is 11.2. The number of carbonyl (C=O) groups excluding carboxylic acids is 1. The van der Waals surface area contributed by atoms with Crippen molar-refractivity contribution in [3.8, 4) is 0 Å². The number of carbonyl (C=O) groups is 1. The van der Waals surface area contributed by atoms with Gasteiger partial charge in [-0.05, 0) is 18.4 Å². The normalized spacial score (nSPS) is 12.5. The minimum atomic E-state index is -1.22. The molecule has 0 saturated heterocycles. The Kier molecular flexibility index (Phi) is 5.37. The molecule has 0 heterocycles. The summed E-state index contributed by atoms with van der Waals surface area (Å²) in [5.41, 5.74) is 0.0333. The van der Waals surface area contributed by atoms with Gasteiger partial charge in [-0.25, -0.2) is 0 Å². The van der Waals surface area contributed by atoms with Crippen LogP contribution in [0, 0.1) is 0 Å². The molecule has 0 bridgehead atoms. The highest BCUT2D eigenvalue weighted by atomic mass is 16.5. The summed E-state index contributed by atoms with van der Waals surface area (Å²) in [6.45, 7) is 7.77. The van der Waals surface area contributed by atoms with E-state index in [-0.39, 0.29) is 5.57 Å². The fraction of sp³-hybridized carbons (Fsp3) is 0.667. The van der Waals surface area contributed by atoms with E-state index in [0.29, 0.717) is 13.0 Å². The van der Waals surface area contributed by atoms with Gasteiger partial charge in [0.15, 0.2) is 0 Å². The van der Waals surface area contributed by atoms with Crippen LogP contribution in [-0.4, -0.2) is 18.7 Å². The zero-order valence-electron chi connectivity index (χ0n) is 7.63. The summed E-state index contributed by atoms with van der Waals surface area (Å²) in [5, 5.41) is 10.4.